The Balaban J connectivity index is 1.29. The van der Waals surface area contributed by atoms with E-state index in [-0.39, 0.29) is 18.6 Å². The van der Waals surface area contributed by atoms with Gasteiger partial charge in [0.15, 0.2) is 6.61 Å². The monoisotopic (exact) mass is 399 g/mol. The van der Waals surface area contributed by atoms with Gasteiger partial charge in [-0.15, -0.1) is 10.2 Å². The molecule has 4 aromatic rings. The minimum absolute atomic E-state index is 0.0632. The standard InChI is InChI=1S/C24H21N3O3/c1-17(18-7-9-20(10-8-18)19-5-3-2-4-6-19)26-23(28)15-29-22-13-11-21(12-14-22)24-27-25-16-30-24/h2-14,16-17H,15H2,1H3,(H,26,28)/t17-/m0/s1. The lowest BCUT2D eigenvalue weighted by atomic mass is 10.0. The first-order valence-electron chi connectivity index (χ1n) is 9.63. The Morgan fingerprint density at radius 3 is 2.27 bits per heavy atom. The highest BCUT2D eigenvalue weighted by Gasteiger charge is 2.11. The summed E-state index contributed by atoms with van der Waals surface area (Å²) in [5, 5.41) is 10.5. The molecular formula is C24H21N3O3. The molecule has 1 atom stereocenters. The van der Waals surface area contributed by atoms with Gasteiger partial charge >= 0.3 is 0 Å². The van der Waals surface area contributed by atoms with Crippen molar-refractivity contribution in [3.05, 3.63) is 90.8 Å². The Morgan fingerprint density at radius 2 is 1.60 bits per heavy atom. The van der Waals surface area contributed by atoms with Gasteiger partial charge in [-0.2, -0.15) is 0 Å². The van der Waals surface area contributed by atoms with Crippen LogP contribution in [0.25, 0.3) is 22.6 Å². The van der Waals surface area contributed by atoms with Gasteiger partial charge in [0, 0.05) is 5.56 Å². The molecule has 0 radical (unpaired) electrons. The van der Waals surface area contributed by atoms with Gasteiger partial charge in [-0.1, -0.05) is 54.6 Å². The lowest BCUT2D eigenvalue weighted by molar-refractivity contribution is -0.123. The number of nitrogens with zero attached hydrogens (tertiary/aromatic N) is 2. The second kappa shape index (κ2) is 9.05. The molecule has 4 rings (SSSR count). The molecule has 30 heavy (non-hydrogen) atoms. The maximum atomic E-state index is 12.3. The van der Waals surface area contributed by atoms with Crippen LogP contribution in [0.2, 0.25) is 0 Å². The van der Waals surface area contributed by atoms with E-state index >= 15 is 0 Å². The van der Waals surface area contributed by atoms with Crippen LogP contribution in [-0.2, 0) is 4.79 Å². The van der Waals surface area contributed by atoms with E-state index < -0.39 is 0 Å². The average molecular weight is 399 g/mol. The quantitative estimate of drug-likeness (QED) is 0.489. The second-order valence-electron chi connectivity index (χ2n) is 6.83. The van der Waals surface area contributed by atoms with Crippen molar-refractivity contribution in [2.24, 2.45) is 0 Å². The topological polar surface area (TPSA) is 77.2 Å². The number of ether oxygens (including phenoxy) is 1. The summed E-state index contributed by atoms with van der Waals surface area (Å²) in [5.74, 6) is 0.843. The number of hydrogen-bond acceptors (Lipinski definition) is 5. The van der Waals surface area contributed by atoms with Gasteiger partial charge in [-0.3, -0.25) is 4.79 Å². The van der Waals surface area contributed by atoms with Crippen LogP contribution in [0.5, 0.6) is 5.75 Å². The van der Waals surface area contributed by atoms with Crippen molar-refractivity contribution < 1.29 is 13.9 Å². The predicted molar refractivity (Wildman–Crippen MR) is 114 cm³/mol. The number of aromatic nitrogens is 2. The third-order valence-corrected chi connectivity index (χ3v) is 4.73. The van der Waals surface area contributed by atoms with Gasteiger partial charge in [0.05, 0.1) is 6.04 Å². The molecule has 0 bridgehead atoms. The zero-order valence-electron chi connectivity index (χ0n) is 16.5. The molecule has 1 aromatic heterocycles. The van der Waals surface area contributed by atoms with Crippen molar-refractivity contribution in [2.75, 3.05) is 6.61 Å². The fourth-order valence-corrected chi connectivity index (χ4v) is 3.10. The van der Waals surface area contributed by atoms with E-state index in [1.165, 1.54) is 12.0 Å². The van der Waals surface area contributed by atoms with Crippen LogP contribution in [0.4, 0.5) is 0 Å². The van der Waals surface area contributed by atoms with Gasteiger partial charge in [-0.05, 0) is 47.9 Å². The summed E-state index contributed by atoms with van der Waals surface area (Å²) < 4.78 is 10.7. The molecule has 0 saturated carbocycles. The molecule has 1 amide bonds. The molecule has 3 aromatic carbocycles. The maximum absolute atomic E-state index is 12.3. The van der Waals surface area contributed by atoms with Crippen LogP contribution >= 0.6 is 0 Å². The SMILES string of the molecule is C[C@H](NC(=O)COc1ccc(-c2nnco2)cc1)c1ccc(-c2ccccc2)cc1. The van der Waals surface area contributed by atoms with E-state index in [2.05, 4.69) is 39.8 Å². The zero-order valence-corrected chi connectivity index (χ0v) is 16.5. The summed E-state index contributed by atoms with van der Waals surface area (Å²) in [6.45, 7) is 1.89. The minimum atomic E-state index is -0.185. The summed E-state index contributed by atoms with van der Waals surface area (Å²) in [5.41, 5.74) is 4.13. The minimum Gasteiger partial charge on any atom is -0.484 e. The first-order valence-corrected chi connectivity index (χ1v) is 9.63. The van der Waals surface area contributed by atoms with Crippen LogP contribution in [0.15, 0.2) is 89.7 Å². The van der Waals surface area contributed by atoms with E-state index in [0.29, 0.717) is 11.6 Å². The lowest BCUT2D eigenvalue weighted by Gasteiger charge is -2.15. The molecule has 1 N–H and O–H groups in total. The number of carbonyl (C=O) groups is 1. The Bertz CT molecular complexity index is 1080. The molecule has 150 valence electrons. The van der Waals surface area contributed by atoms with Crippen molar-refractivity contribution in [2.45, 2.75) is 13.0 Å². The summed E-state index contributed by atoms with van der Waals surface area (Å²) >= 11 is 0. The largest absolute Gasteiger partial charge is 0.484 e. The Morgan fingerprint density at radius 1 is 0.933 bits per heavy atom. The normalized spacial score (nSPS) is 11.6. The molecule has 0 aliphatic heterocycles. The van der Waals surface area contributed by atoms with E-state index in [0.717, 1.165) is 16.7 Å². The van der Waals surface area contributed by atoms with Crippen LogP contribution < -0.4 is 10.1 Å². The van der Waals surface area contributed by atoms with Crippen molar-refractivity contribution in [1.82, 2.24) is 15.5 Å². The molecular weight excluding hydrogens is 378 g/mol. The average Bonchev–Trinajstić information content (AvgIpc) is 3.34. The summed E-state index contributed by atoms with van der Waals surface area (Å²) in [4.78, 5) is 12.3. The van der Waals surface area contributed by atoms with Crippen molar-refractivity contribution in [1.29, 1.82) is 0 Å². The Labute approximate surface area is 174 Å². The summed E-state index contributed by atoms with van der Waals surface area (Å²) in [6, 6.07) is 25.4. The highest BCUT2D eigenvalue weighted by molar-refractivity contribution is 5.78. The maximum Gasteiger partial charge on any atom is 0.258 e. The van der Waals surface area contributed by atoms with Crippen molar-refractivity contribution in [3.8, 4) is 28.3 Å². The number of rotatable bonds is 7. The first kappa shape index (κ1) is 19.4. The van der Waals surface area contributed by atoms with Crippen LogP contribution in [0.3, 0.4) is 0 Å². The summed E-state index contributed by atoms with van der Waals surface area (Å²) in [6.07, 6.45) is 1.28. The number of nitrogens with one attached hydrogen (secondary N) is 1. The van der Waals surface area contributed by atoms with Gasteiger partial charge in [-0.25, -0.2) is 0 Å². The van der Waals surface area contributed by atoms with E-state index in [1.54, 1.807) is 24.3 Å². The zero-order chi connectivity index (χ0) is 20.8. The van der Waals surface area contributed by atoms with Gasteiger partial charge in [0.2, 0.25) is 12.3 Å². The molecule has 0 fully saturated rings. The molecule has 0 aliphatic carbocycles. The van der Waals surface area contributed by atoms with Crippen LogP contribution in [-0.4, -0.2) is 22.7 Å². The van der Waals surface area contributed by atoms with Crippen LogP contribution in [0.1, 0.15) is 18.5 Å². The number of carbonyl (C=O) groups excluding carboxylic acids is 1. The molecule has 0 aliphatic rings. The van der Waals surface area contributed by atoms with Crippen LogP contribution in [0, 0.1) is 0 Å². The van der Waals surface area contributed by atoms with Gasteiger partial charge < -0.3 is 14.5 Å². The number of amides is 1. The fraction of sp³-hybridized carbons (Fsp3) is 0.125. The van der Waals surface area contributed by atoms with Crippen molar-refractivity contribution in [3.63, 3.8) is 0 Å². The first-order chi connectivity index (χ1) is 14.7. The molecule has 6 heteroatoms. The Kier molecular flexibility index (Phi) is 5.85. The molecule has 0 unspecified atom stereocenters. The smallest absolute Gasteiger partial charge is 0.258 e. The van der Waals surface area contributed by atoms with E-state index in [9.17, 15) is 4.79 Å². The molecule has 0 spiro atoms. The fourth-order valence-electron chi connectivity index (χ4n) is 3.10. The number of hydrogen-bond donors (Lipinski definition) is 1. The van der Waals surface area contributed by atoms with E-state index in [4.69, 9.17) is 9.15 Å². The molecule has 0 saturated heterocycles. The van der Waals surface area contributed by atoms with E-state index in [1.807, 2.05) is 37.3 Å². The van der Waals surface area contributed by atoms with Gasteiger partial charge in [0.1, 0.15) is 5.75 Å². The molecule has 6 nitrogen and oxygen atoms in total. The Hall–Kier alpha value is -3.93. The number of benzene rings is 3. The third-order valence-electron chi connectivity index (χ3n) is 4.73. The lowest BCUT2D eigenvalue weighted by Crippen LogP contribution is -2.31. The predicted octanol–water partition coefficient (Wildman–Crippen LogP) is 4.66. The summed E-state index contributed by atoms with van der Waals surface area (Å²) in [7, 11) is 0. The highest BCUT2D eigenvalue weighted by Crippen LogP contribution is 2.22. The van der Waals surface area contributed by atoms with Gasteiger partial charge in [0.25, 0.3) is 5.91 Å². The second-order valence-corrected chi connectivity index (χ2v) is 6.83. The highest BCUT2D eigenvalue weighted by atomic mass is 16.5. The van der Waals surface area contributed by atoms with Crippen molar-refractivity contribution >= 4 is 5.91 Å². The molecule has 1 heterocycles. The third kappa shape index (κ3) is 4.72.